The highest BCUT2D eigenvalue weighted by Crippen LogP contribution is 2.39. The smallest absolute Gasteiger partial charge is 0.321 e. The predicted molar refractivity (Wildman–Crippen MR) is 78.9 cm³/mol. The molecule has 0 bridgehead atoms. The molecule has 1 saturated carbocycles. The van der Waals surface area contributed by atoms with Crippen molar-refractivity contribution in [2.75, 3.05) is 11.9 Å². The SMILES string of the molecule is C[C@@H]1CN(C(=O)Nc2ccn(CC(F)F)n2)[C@H]2CCCC[C@@H]12. The highest BCUT2D eigenvalue weighted by atomic mass is 19.3. The Morgan fingerprint density at radius 3 is 3.00 bits per heavy atom. The van der Waals surface area contributed by atoms with E-state index >= 15 is 0 Å². The molecule has 2 amide bonds. The zero-order valence-electron chi connectivity index (χ0n) is 12.7. The molecule has 1 aliphatic carbocycles. The van der Waals surface area contributed by atoms with Crippen LogP contribution in [0.15, 0.2) is 12.3 Å². The first-order valence-corrected chi connectivity index (χ1v) is 7.94. The third kappa shape index (κ3) is 3.08. The van der Waals surface area contributed by atoms with Gasteiger partial charge in [0.25, 0.3) is 6.43 Å². The summed E-state index contributed by atoms with van der Waals surface area (Å²) in [5.74, 6) is 1.45. The number of carbonyl (C=O) groups is 1. The van der Waals surface area contributed by atoms with Gasteiger partial charge in [0, 0.05) is 24.8 Å². The number of aromatic nitrogens is 2. The van der Waals surface area contributed by atoms with Gasteiger partial charge in [0.2, 0.25) is 0 Å². The van der Waals surface area contributed by atoms with Gasteiger partial charge >= 0.3 is 6.03 Å². The Labute approximate surface area is 128 Å². The van der Waals surface area contributed by atoms with Crippen LogP contribution in [0.3, 0.4) is 0 Å². The van der Waals surface area contributed by atoms with Crippen molar-refractivity contribution in [2.45, 2.75) is 51.6 Å². The van der Waals surface area contributed by atoms with Crippen molar-refractivity contribution in [2.24, 2.45) is 11.8 Å². The van der Waals surface area contributed by atoms with E-state index in [1.165, 1.54) is 25.5 Å². The number of hydrogen-bond donors (Lipinski definition) is 1. The van der Waals surface area contributed by atoms with E-state index in [2.05, 4.69) is 17.3 Å². The molecule has 0 radical (unpaired) electrons. The number of anilines is 1. The van der Waals surface area contributed by atoms with Gasteiger partial charge < -0.3 is 4.90 Å². The maximum atomic E-state index is 12.5. The van der Waals surface area contributed by atoms with Crippen LogP contribution in [-0.4, -0.2) is 39.7 Å². The summed E-state index contributed by atoms with van der Waals surface area (Å²) < 4.78 is 25.8. The Morgan fingerprint density at radius 2 is 2.23 bits per heavy atom. The summed E-state index contributed by atoms with van der Waals surface area (Å²) in [7, 11) is 0. The van der Waals surface area contributed by atoms with E-state index < -0.39 is 13.0 Å². The lowest BCUT2D eigenvalue weighted by molar-refractivity contribution is 0.122. The highest BCUT2D eigenvalue weighted by Gasteiger charge is 2.42. The zero-order valence-corrected chi connectivity index (χ0v) is 12.7. The van der Waals surface area contributed by atoms with Gasteiger partial charge in [-0.2, -0.15) is 5.10 Å². The number of hydrogen-bond acceptors (Lipinski definition) is 2. The van der Waals surface area contributed by atoms with E-state index in [-0.39, 0.29) is 6.03 Å². The minimum atomic E-state index is -2.45. The van der Waals surface area contributed by atoms with Gasteiger partial charge in [-0.3, -0.25) is 10.00 Å². The Balaban J connectivity index is 1.63. The fourth-order valence-corrected chi connectivity index (χ4v) is 3.86. The topological polar surface area (TPSA) is 50.2 Å². The highest BCUT2D eigenvalue weighted by molar-refractivity contribution is 5.88. The van der Waals surface area contributed by atoms with E-state index in [0.29, 0.717) is 23.7 Å². The average molecular weight is 312 g/mol. The Kier molecular flexibility index (Phi) is 4.31. The van der Waals surface area contributed by atoms with E-state index in [1.807, 2.05) is 4.90 Å². The average Bonchev–Trinajstić information content (AvgIpc) is 3.04. The summed E-state index contributed by atoms with van der Waals surface area (Å²) in [4.78, 5) is 14.4. The van der Waals surface area contributed by atoms with Gasteiger partial charge in [-0.1, -0.05) is 19.8 Å². The van der Waals surface area contributed by atoms with Crippen LogP contribution in [0, 0.1) is 11.8 Å². The van der Waals surface area contributed by atoms with Crippen molar-refractivity contribution in [3.05, 3.63) is 12.3 Å². The summed E-state index contributed by atoms with van der Waals surface area (Å²) in [6.07, 6.45) is 3.67. The molecule has 1 saturated heterocycles. The van der Waals surface area contributed by atoms with E-state index in [1.54, 1.807) is 6.07 Å². The number of nitrogens with zero attached hydrogens (tertiary/aromatic N) is 3. The Hall–Kier alpha value is -1.66. The number of fused-ring (bicyclic) bond motifs is 1. The standard InChI is InChI=1S/C15H22F2N4O/c1-10-8-21(12-5-3-2-4-11(10)12)15(22)18-14-6-7-20(19-14)9-13(16)17/h6-7,10-13H,2-5,8-9H2,1H3,(H,18,19,22)/t10-,11+,12+/m1/s1. The van der Waals surface area contributed by atoms with Crippen LogP contribution < -0.4 is 5.32 Å². The Morgan fingerprint density at radius 1 is 1.45 bits per heavy atom. The molecule has 122 valence electrons. The van der Waals surface area contributed by atoms with Gasteiger partial charge in [0.15, 0.2) is 5.82 Å². The molecule has 2 heterocycles. The fourth-order valence-electron chi connectivity index (χ4n) is 3.86. The van der Waals surface area contributed by atoms with Crippen LogP contribution in [0.25, 0.3) is 0 Å². The second-order valence-corrected chi connectivity index (χ2v) is 6.39. The summed E-state index contributed by atoms with van der Waals surface area (Å²) in [5.41, 5.74) is 0. The van der Waals surface area contributed by atoms with E-state index in [4.69, 9.17) is 0 Å². The van der Waals surface area contributed by atoms with Crippen molar-refractivity contribution in [1.82, 2.24) is 14.7 Å². The molecular formula is C15H22F2N4O. The van der Waals surface area contributed by atoms with Gasteiger partial charge in [-0.15, -0.1) is 0 Å². The lowest BCUT2D eigenvalue weighted by atomic mass is 9.80. The van der Waals surface area contributed by atoms with Crippen LogP contribution >= 0.6 is 0 Å². The zero-order chi connectivity index (χ0) is 15.7. The number of halogens is 2. The second kappa shape index (κ2) is 6.22. The number of rotatable bonds is 3. The van der Waals surface area contributed by atoms with Gasteiger partial charge in [0.1, 0.15) is 6.54 Å². The fraction of sp³-hybridized carbons (Fsp3) is 0.733. The minimum Gasteiger partial charge on any atom is -0.321 e. The van der Waals surface area contributed by atoms with Crippen LogP contribution in [0.4, 0.5) is 19.4 Å². The number of likely N-dealkylation sites (tertiary alicyclic amines) is 1. The van der Waals surface area contributed by atoms with Crippen molar-refractivity contribution in [3.8, 4) is 0 Å². The van der Waals surface area contributed by atoms with Crippen molar-refractivity contribution < 1.29 is 13.6 Å². The normalized spacial score (nSPS) is 28.0. The molecule has 3 rings (SSSR count). The van der Waals surface area contributed by atoms with Crippen LogP contribution in [0.5, 0.6) is 0 Å². The lowest BCUT2D eigenvalue weighted by Crippen LogP contribution is -2.41. The predicted octanol–water partition coefficient (Wildman–Crippen LogP) is 3.19. The Bertz CT molecular complexity index is 533. The first kappa shape index (κ1) is 15.2. The third-order valence-electron chi connectivity index (χ3n) is 4.86. The summed E-state index contributed by atoms with van der Waals surface area (Å²) in [6.45, 7) is 2.51. The number of nitrogens with one attached hydrogen (secondary N) is 1. The molecule has 7 heteroatoms. The van der Waals surface area contributed by atoms with Crippen molar-refractivity contribution in [3.63, 3.8) is 0 Å². The lowest BCUT2D eigenvalue weighted by Gasteiger charge is -2.31. The molecule has 22 heavy (non-hydrogen) atoms. The molecule has 2 aliphatic rings. The molecule has 1 aromatic rings. The molecule has 0 unspecified atom stereocenters. The summed E-state index contributed by atoms with van der Waals surface area (Å²) >= 11 is 0. The van der Waals surface area contributed by atoms with Crippen LogP contribution in [0.2, 0.25) is 0 Å². The van der Waals surface area contributed by atoms with Gasteiger partial charge in [0.05, 0.1) is 0 Å². The number of alkyl halides is 2. The van der Waals surface area contributed by atoms with E-state index in [0.717, 1.165) is 17.6 Å². The number of carbonyl (C=O) groups excluding carboxylic acids is 1. The minimum absolute atomic E-state index is 0.163. The summed E-state index contributed by atoms with van der Waals surface area (Å²) in [6, 6.07) is 1.70. The van der Waals surface area contributed by atoms with Crippen LogP contribution in [-0.2, 0) is 6.54 Å². The summed E-state index contributed by atoms with van der Waals surface area (Å²) in [5, 5.41) is 6.70. The quantitative estimate of drug-likeness (QED) is 0.932. The molecule has 2 fully saturated rings. The van der Waals surface area contributed by atoms with Gasteiger partial charge in [-0.25, -0.2) is 13.6 Å². The maximum absolute atomic E-state index is 12.5. The molecule has 5 nitrogen and oxygen atoms in total. The molecular weight excluding hydrogens is 290 g/mol. The first-order valence-electron chi connectivity index (χ1n) is 7.94. The number of urea groups is 1. The molecule has 1 N–H and O–H groups in total. The van der Waals surface area contributed by atoms with Crippen molar-refractivity contribution >= 4 is 11.8 Å². The molecule has 0 aromatic carbocycles. The van der Waals surface area contributed by atoms with Gasteiger partial charge in [-0.05, 0) is 24.7 Å². The van der Waals surface area contributed by atoms with Crippen molar-refractivity contribution in [1.29, 1.82) is 0 Å². The number of amides is 2. The maximum Gasteiger partial charge on any atom is 0.323 e. The molecule has 0 spiro atoms. The monoisotopic (exact) mass is 312 g/mol. The molecule has 3 atom stereocenters. The second-order valence-electron chi connectivity index (χ2n) is 6.39. The van der Waals surface area contributed by atoms with E-state index in [9.17, 15) is 13.6 Å². The largest absolute Gasteiger partial charge is 0.323 e. The first-order chi connectivity index (χ1) is 10.5. The molecule has 1 aliphatic heterocycles. The molecule has 1 aromatic heterocycles. The van der Waals surface area contributed by atoms with Crippen LogP contribution in [0.1, 0.15) is 32.6 Å². The third-order valence-corrected chi connectivity index (χ3v) is 4.86.